The summed E-state index contributed by atoms with van der Waals surface area (Å²) in [5.41, 5.74) is 8.57. The molecule has 2 aromatic rings. The molecular weight excluding hydrogens is 298 g/mol. The zero-order chi connectivity index (χ0) is 15.7. The van der Waals surface area contributed by atoms with E-state index in [1.165, 1.54) is 16.2 Å². The lowest BCUT2D eigenvalue weighted by Crippen LogP contribution is -2.27. The molecule has 0 saturated heterocycles. The van der Waals surface area contributed by atoms with Crippen molar-refractivity contribution in [3.63, 3.8) is 0 Å². The third kappa shape index (κ3) is 2.80. The van der Waals surface area contributed by atoms with Gasteiger partial charge in [0, 0.05) is 23.7 Å². The number of carbonyl (C=O) groups is 1. The number of carbonyl (C=O) groups excluding carboxylic acids is 1. The van der Waals surface area contributed by atoms with Crippen molar-refractivity contribution in [3.05, 3.63) is 40.3 Å². The van der Waals surface area contributed by atoms with E-state index < -0.39 is 0 Å². The first-order chi connectivity index (χ1) is 10.6. The molecule has 1 aliphatic rings. The van der Waals surface area contributed by atoms with Gasteiger partial charge in [-0.1, -0.05) is 0 Å². The van der Waals surface area contributed by atoms with Gasteiger partial charge in [-0.25, -0.2) is 0 Å². The number of nitrogen functional groups attached to an aromatic ring is 1. The normalized spacial score (nSPS) is 14.5. The molecule has 0 unspecified atom stereocenters. The van der Waals surface area contributed by atoms with Gasteiger partial charge in [-0.05, 0) is 43.3 Å². The van der Waals surface area contributed by atoms with E-state index in [0.717, 1.165) is 36.5 Å². The molecule has 0 fully saturated rings. The molecule has 0 spiro atoms. The van der Waals surface area contributed by atoms with Crippen LogP contribution in [0.4, 0.5) is 10.7 Å². The first-order valence-electron chi connectivity index (χ1n) is 7.12. The van der Waals surface area contributed by atoms with Gasteiger partial charge in [0.25, 0.3) is 5.91 Å². The lowest BCUT2D eigenvalue weighted by Gasteiger charge is -2.22. The van der Waals surface area contributed by atoms with Crippen LogP contribution in [0.2, 0.25) is 0 Å². The van der Waals surface area contributed by atoms with Gasteiger partial charge < -0.3 is 20.7 Å². The SMILES string of the molecule is COc1ccc(NC(=O)c2c(N)sc3c2CCN(C)C3)cc1. The Kier molecular flexibility index (Phi) is 4.04. The lowest BCUT2D eigenvalue weighted by molar-refractivity contribution is 0.102. The van der Waals surface area contributed by atoms with Gasteiger partial charge in [0.05, 0.1) is 17.7 Å². The van der Waals surface area contributed by atoms with E-state index in [0.29, 0.717) is 10.6 Å². The number of methoxy groups -OCH3 is 1. The third-order valence-corrected chi connectivity index (χ3v) is 4.90. The number of thiophene rings is 1. The smallest absolute Gasteiger partial charge is 0.258 e. The molecule has 1 aromatic heterocycles. The van der Waals surface area contributed by atoms with E-state index in [9.17, 15) is 4.79 Å². The number of hydrogen-bond donors (Lipinski definition) is 2. The van der Waals surface area contributed by atoms with Crippen molar-refractivity contribution in [3.8, 4) is 5.75 Å². The van der Waals surface area contributed by atoms with Crippen molar-refractivity contribution in [1.82, 2.24) is 4.90 Å². The summed E-state index contributed by atoms with van der Waals surface area (Å²) in [6.07, 6.45) is 0.866. The minimum atomic E-state index is -0.135. The zero-order valence-corrected chi connectivity index (χ0v) is 13.5. The molecule has 3 rings (SSSR count). The van der Waals surface area contributed by atoms with Crippen LogP contribution in [-0.2, 0) is 13.0 Å². The van der Waals surface area contributed by atoms with Crippen molar-refractivity contribution in [1.29, 1.82) is 0 Å². The molecule has 1 aromatic carbocycles. The van der Waals surface area contributed by atoms with Crippen LogP contribution in [0.3, 0.4) is 0 Å². The van der Waals surface area contributed by atoms with E-state index in [1.807, 2.05) is 24.3 Å². The fourth-order valence-electron chi connectivity index (χ4n) is 2.67. The molecule has 0 aliphatic carbocycles. The monoisotopic (exact) mass is 317 g/mol. The molecule has 1 amide bonds. The number of nitrogens with two attached hydrogens (primary N) is 1. The maximum Gasteiger partial charge on any atom is 0.258 e. The third-order valence-electron chi connectivity index (χ3n) is 3.85. The predicted molar refractivity (Wildman–Crippen MR) is 89.7 cm³/mol. The molecule has 0 bridgehead atoms. The first kappa shape index (κ1) is 14.9. The Labute approximate surface area is 133 Å². The molecule has 6 heteroatoms. The number of fused-ring (bicyclic) bond motifs is 1. The lowest BCUT2D eigenvalue weighted by atomic mass is 10.0. The van der Waals surface area contributed by atoms with Gasteiger partial charge in [0.2, 0.25) is 0 Å². The number of ether oxygens (including phenoxy) is 1. The second-order valence-electron chi connectivity index (χ2n) is 5.41. The molecule has 2 heterocycles. The second-order valence-corrected chi connectivity index (χ2v) is 6.55. The predicted octanol–water partition coefficient (Wildman–Crippen LogP) is 2.58. The minimum absolute atomic E-state index is 0.135. The van der Waals surface area contributed by atoms with Gasteiger partial charge in [0.15, 0.2) is 0 Å². The Morgan fingerprint density at radius 3 is 2.77 bits per heavy atom. The average Bonchev–Trinajstić information content (AvgIpc) is 2.83. The van der Waals surface area contributed by atoms with Gasteiger partial charge in [-0.15, -0.1) is 11.3 Å². The molecule has 0 atom stereocenters. The van der Waals surface area contributed by atoms with Gasteiger partial charge in [-0.2, -0.15) is 0 Å². The van der Waals surface area contributed by atoms with Crippen LogP contribution in [0.15, 0.2) is 24.3 Å². The fourth-order valence-corrected chi connectivity index (χ4v) is 3.87. The summed E-state index contributed by atoms with van der Waals surface area (Å²) in [4.78, 5) is 16.0. The molecule has 22 heavy (non-hydrogen) atoms. The number of rotatable bonds is 3. The highest BCUT2D eigenvalue weighted by molar-refractivity contribution is 7.16. The summed E-state index contributed by atoms with van der Waals surface area (Å²) in [7, 11) is 3.69. The van der Waals surface area contributed by atoms with Crippen molar-refractivity contribution in [2.45, 2.75) is 13.0 Å². The molecule has 0 saturated carbocycles. The summed E-state index contributed by atoms with van der Waals surface area (Å²) in [6, 6.07) is 7.27. The number of nitrogens with zero attached hydrogens (tertiary/aromatic N) is 1. The van der Waals surface area contributed by atoms with E-state index >= 15 is 0 Å². The molecule has 5 nitrogen and oxygen atoms in total. The van der Waals surface area contributed by atoms with Gasteiger partial charge in [-0.3, -0.25) is 4.79 Å². The van der Waals surface area contributed by atoms with Crippen LogP contribution in [0.1, 0.15) is 20.8 Å². The van der Waals surface area contributed by atoms with Crippen molar-refractivity contribution in [2.24, 2.45) is 0 Å². The highest BCUT2D eigenvalue weighted by Crippen LogP contribution is 2.35. The zero-order valence-electron chi connectivity index (χ0n) is 12.7. The van der Waals surface area contributed by atoms with E-state index in [4.69, 9.17) is 10.5 Å². The fraction of sp³-hybridized carbons (Fsp3) is 0.312. The molecule has 1 aliphatic heterocycles. The highest BCUT2D eigenvalue weighted by Gasteiger charge is 2.25. The summed E-state index contributed by atoms with van der Waals surface area (Å²) >= 11 is 1.52. The summed E-state index contributed by atoms with van der Waals surface area (Å²) < 4.78 is 5.11. The number of nitrogens with one attached hydrogen (secondary N) is 1. The first-order valence-corrected chi connectivity index (χ1v) is 7.94. The Balaban J connectivity index is 1.83. The van der Waals surface area contributed by atoms with Gasteiger partial charge in [0.1, 0.15) is 5.75 Å². The Bertz CT molecular complexity index is 694. The van der Waals surface area contributed by atoms with Crippen LogP contribution in [-0.4, -0.2) is 31.5 Å². The minimum Gasteiger partial charge on any atom is -0.497 e. The number of benzene rings is 1. The molecular formula is C16H19N3O2S. The summed E-state index contributed by atoms with van der Waals surface area (Å²) in [5, 5.41) is 3.52. The Hall–Kier alpha value is -2.05. The molecule has 116 valence electrons. The average molecular weight is 317 g/mol. The van der Waals surface area contributed by atoms with Crippen LogP contribution >= 0.6 is 11.3 Å². The van der Waals surface area contributed by atoms with Crippen LogP contribution in [0.5, 0.6) is 5.75 Å². The standard InChI is InChI=1S/C16H19N3O2S/c1-19-8-7-12-13(9-19)22-15(17)14(12)16(20)18-10-3-5-11(21-2)6-4-10/h3-6H,7-9,17H2,1-2H3,(H,18,20). The number of hydrogen-bond acceptors (Lipinski definition) is 5. The highest BCUT2D eigenvalue weighted by atomic mass is 32.1. The van der Waals surface area contributed by atoms with Crippen LogP contribution in [0, 0.1) is 0 Å². The Morgan fingerprint density at radius 1 is 1.36 bits per heavy atom. The maximum absolute atomic E-state index is 12.6. The topological polar surface area (TPSA) is 67.6 Å². The van der Waals surface area contributed by atoms with Gasteiger partial charge >= 0.3 is 0 Å². The largest absolute Gasteiger partial charge is 0.497 e. The number of anilines is 2. The van der Waals surface area contributed by atoms with Crippen molar-refractivity contribution in [2.75, 3.05) is 31.8 Å². The second kappa shape index (κ2) is 5.98. The molecule has 3 N–H and O–H groups in total. The quantitative estimate of drug-likeness (QED) is 0.913. The molecule has 0 radical (unpaired) electrons. The Morgan fingerprint density at radius 2 is 2.09 bits per heavy atom. The maximum atomic E-state index is 12.6. The summed E-state index contributed by atoms with van der Waals surface area (Å²) in [6.45, 7) is 1.81. The van der Waals surface area contributed by atoms with Crippen LogP contribution in [0.25, 0.3) is 0 Å². The van der Waals surface area contributed by atoms with Crippen molar-refractivity contribution >= 4 is 27.9 Å². The van der Waals surface area contributed by atoms with E-state index in [2.05, 4.69) is 17.3 Å². The number of amides is 1. The van der Waals surface area contributed by atoms with E-state index in [1.54, 1.807) is 7.11 Å². The van der Waals surface area contributed by atoms with Crippen LogP contribution < -0.4 is 15.8 Å². The number of likely N-dealkylation sites (N-methyl/N-ethyl adjacent to an activating group) is 1. The van der Waals surface area contributed by atoms with E-state index in [-0.39, 0.29) is 5.91 Å². The summed E-state index contributed by atoms with van der Waals surface area (Å²) in [5.74, 6) is 0.623. The van der Waals surface area contributed by atoms with Crippen molar-refractivity contribution < 1.29 is 9.53 Å².